The van der Waals surface area contributed by atoms with Gasteiger partial charge < -0.3 is 20.1 Å². The largest absolute Gasteiger partial charge is 0.479 e. The van der Waals surface area contributed by atoms with E-state index >= 15 is 0 Å². The number of nitrogens with zero attached hydrogens (tertiary/aromatic N) is 1. The van der Waals surface area contributed by atoms with Crippen molar-refractivity contribution in [2.24, 2.45) is 0 Å². The highest BCUT2D eigenvalue weighted by Gasteiger charge is 2.15. The number of rotatable bonds is 5. The van der Waals surface area contributed by atoms with Crippen LogP contribution in [-0.2, 0) is 16.1 Å². The normalized spacial score (nSPS) is 12.3. The number of aliphatic hydroxyl groups excluding tert-OH is 1. The lowest BCUT2D eigenvalue weighted by atomic mass is 10.2. The average Bonchev–Trinajstić information content (AvgIpc) is 2.72. The lowest BCUT2D eigenvalue weighted by Gasteiger charge is -2.10. The van der Waals surface area contributed by atoms with Crippen LogP contribution in [0.2, 0.25) is 0 Å². The minimum atomic E-state index is -1.58. The number of nitrogens with one attached hydrogen (secondary N) is 1. The molecule has 0 unspecified atom stereocenters. The van der Waals surface area contributed by atoms with E-state index in [2.05, 4.69) is 5.32 Å². The van der Waals surface area contributed by atoms with Gasteiger partial charge in [0.1, 0.15) is 6.54 Å². The summed E-state index contributed by atoms with van der Waals surface area (Å²) in [5.41, 5.74) is 1.89. The monoisotopic (exact) mass is 276 g/mol. The van der Waals surface area contributed by atoms with Crippen LogP contribution in [0, 0.1) is 6.92 Å². The third-order valence-electron chi connectivity index (χ3n) is 3.10. The van der Waals surface area contributed by atoms with Crippen LogP contribution < -0.4 is 5.32 Å². The van der Waals surface area contributed by atoms with Crippen molar-refractivity contribution in [3.63, 3.8) is 0 Å². The fourth-order valence-corrected chi connectivity index (χ4v) is 2.06. The number of carbonyl (C=O) groups excluding carboxylic acids is 1. The molecule has 0 saturated heterocycles. The summed E-state index contributed by atoms with van der Waals surface area (Å²) in [6.45, 7) is 1.69. The van der Waals surface area contributed by atoms with Crippen molar-refractivity contribution in [3.8, 4) is 0 Å². The van der Waals surface area contributed by atoms with Crippen molar-refractivity contribution in [2.45, 2.75) is 19.6 Å². The molecular weight excluding hydrogens is 260 g/mol. The van der Waals surface area contributed by atoms with E-state index in [4.69, 9.17) is 10.2 Å². The first-order valence-electron chi connectivity index (χ1n) is 6.21. The minimum Gasteiger partial charge on any atom is -0.479 e. The molecule has 6 heteroatoms. The van der Waals surface area contributed by atoms with E-state index in [1.54, 1.807) is 0 Å². The molecule has 20 heavy (non-hydrogen) atoms. The Hall–Kier alpha value is -2.34. The average molecular weight is 276 g/mol. The third kappa shape index (κ3) is 2.97. The molecule has 0 bridgehead atoms. The van der Waals surface area contributed by atoms with E-state index in [0.29, 0.717) is 0 Å². The summed E-state index contributed by atoms with van der Waals surface area (Å²) < 4.78 is 1.85. The number of para-hydroxylation sites is 1. The number of hydrogen-bond acceptors (Lipinski definition) is 3. The van der Waals surface area contributed by atoms with Gasteiger partial charge in [0.15, 0.2) is 6.10 Å². The van der Waals surface area contributed by atoms with Crippen molar-refractivity contribution in [1.29, 1.82) is 0 Å². The van der Waals surface area contributed by atoms with Gasteiger partial charge in [0.05, 0.1) is 6.54 Å². The van der Waals surface area contributed by atoms with Gasteiger partial charge in [-0.05, 0) is 24.4 Å². The molecule has 0 radical (unpaired) electrons. The van der Waals surface area contributed by atoms with Crippen LogP contribution >= 0.6 is 0 Å². The molecule has 2 rings (SSSR count). The number of carboxylic acid groups (broad SMARTS) is 1. The van der Waals surface area contributed by atoms with Gasteiger partial charge in [-0.2, -0.15) is 0 Å². The zero-order chi connectivity index (χ0) is 14.7. The molecule has 0 spiro atoms. The number of aliphatic carboxylic acids is 1. The van der Waals surface area contributed by atoms with Crippen molar-refractivity contribution < 1.29 is 19.8 Å². The van der Waals surface area contributed by atoms with Crippen molar-refractivity contribution >= 4 is 22.8 Å². The predicted molar refractivity (Wildman–Crippen MR) is 73.3 cm³/mol. The van der Waals surface area contributed by atoms with Crippen LogP contribution in [0.15, 0.2) is 30.3 Å². The quantitative estimate of drug-likeness (QED) is 0.742. The van der Waals surface area contributed by atoms with E-state index in [1.165, 1.54) is 0 Å². The van der Waals surface area contributed by atoms with Crippen molar-refractivity contribution in [1.82, 2.24) is 9.88 Å². The zero-order valence-electron chi connectivity index (χ0n) is 11.0. The molecular formula is C14H16N2O4. The number of aryl methyl sites for hydroxylation is 1. The first kappa shape index (κ1) is 14.1. The molecule has 1 heterocycles. The van der Waals surface area contributed by atoms with E-state index in [0.717, 1.165) is 16.6 Å². The highest BCUT2D eigenvalue weighted by atomic mass is 16.4. The highest BCUT2D eigenvalue weighted by Crippen LogP contribution is 2.18. The smallest absolute Gasteiger partial charge is 0.334 e. The summed E-state index contributed by atoms with van der Waals surface area (Å²) in [5, 5.41) is 21.1. The van der Waals surface area contributed by atoms with Crippen molar-refractivity contribution in [3.05, 3.63) is 36.0 Å². The summed E-state index contributed by atoms with van der Waals surface area (Å²) in [7, 11) is 0. The molecule has 3 N–H and O–H groups in total. The molecule has 0 aliphatic rings. The van der Waals surface area contributed by atoms with Gasteiger partial charge in [0, 0.05) is 11.2 Å². The predicted octanol–water partition coefficient (Wildman–Crippen LogP) is 0.511. The minimum absolute atomic E-state index is 0.0890. The lowest BCUT2D eigenvalue weighted by molar-refractivity contribution is -0.146. The van der Waals surface area contributed by atoms with Gasteiger partial charge in [-0.3, -0.25) is 4.79 Å². The molecule has 106 valence electrons. The number of carbonyl (C=O) groups is 2. The summed E-state index contributed by atoms with van der Waals surface area (Å²) >= 11 is 0. The highest BCUT2D eigenvalue weighted by molar-refractivity contribution is 5.84. The SMILES string of the molecule is Cc1cc2ccccc2n1CC(=O)NC[C@H](O)C(=O)O. The molecule has 6 nitrogen and oxygen atoms in total. The number of amides is 1. The second-order valence-corrected chi connectivity index (χ2v) is 4.59. The summed E-state index contributed by atoms with van der Waals surface area (Å²) in [5.74, 6) is -1.69. The number of carboxylic acids is 1. The molecule has 2 aromatic rings. The molecule has 0 aliphatic carbocycles. The van der Waals surface area contributed by atoms with Crippen LogP contribution in [0.5, 0.6) is 0 Å². The van der Waals surface area contributed by atoms with Crippen LogP contribution in [0.4, 0.5) is 0 Å². The topological polar surface area (TPSA) is 91.6 Å². The Bertz CT molecular complexity index is 648. The number of benzene rings is 1. The van der Waals surface area contributed by atoms with Gasteiger partial charge in [-0.25, -0.2) is 4.79 Å². The molecule has 1 aromatic heterocycles. The van der Waals surface area contributed by atoms with Gasteiger partial charge in [0.2, 0.25) is 5.91 Å². The standard InChI is InChI=1S/C14H16N2O4/c1-9-6-10-4-2-3-5-11(10)16(9)8-13(18)15-7-12(17)14(19)20/h2-6,12,17H,7-8H2,1H3,(H,15,18)(H,19,20)/t12-/m0/s1. The molecule has 0 aliphatic heterocycles. The maximum atomic E-state index is 11.8. The van der Waals surface area contributed by atoms with E-state index in [1.807, 2.05) is 41.8 Å². The Balaban J connectivity index is 2.06. The van der Waals surface area contributed by atoms with Crippen LogP contribution in [0.3, 0.4) is 0 Å². The Morgan fingerprint density at radius 2 is 2.05 bits per heavy atom. The van der Waals surface area contributed by atoms with E-state index in [9.17, 15) is 9.59 Å². The lowest BCUT2D eigenvalue weighted by Crippen LogP contribution is -2.38. The molecule has 1 aromatic carbocycles. The Morgan fingerprint density at radius 3 is 2.75 bits per heavy atom. The second kappa shape index (κ2) is 5.75. The molecule has 1 amide bonds. The van der Waals surface area contributed by atoms with Gasteiger partial charge >= 0.3 is 5.97 Å². The number of hydrogen-bond donors (Lipinski definition) is 3. The van der Waals surface area contributed by atoms with Crippen LogP contribution in [-0.4, -0.2) is 39.3 Å². The first-order chi connectivity index (χ1) is 9.49. The van der Waals surface area contributed by atoms with Gasteiger partial charge in [0.25, 0.3) is 0 Å². The number of aromatic nitrogens is 1. The fourth-order valence-electron chi connectivity index (χ4n) is 2.06. The van der Waals surface area contributed by atoms with Gasteiger partial charge in [-0.15, -0.1) is 0 Å². The maximum Gasteiger partial charge on any atom is 0.334 e. The first-order valence-corrected chi connectivity index (χ1v) is 6.21. The summed E-state index contributed by atoms with van der Waals surface area (Å²) in [4.78, 5) is 22.2. The second-order valence-electron chi connectivity index (χ2n) is 4.59. The fraction of sp³-hybridized carbons (Fsp3) is 0.286. The number of aliphatic hydroxyl groups is 1. The third-order valence-corrected chi connectivity index (χ3v) is 3.10. The maximum absolute atomic E-state index is 11.8. The Morgan fingerprint density at radius 1 is 1.35 bits per heavy atom. The summed E-state index contributed by atoms with van der Waals surface area (Å²) in [6, 6.07) is 9.68. The molecule has 0 saturated carbocycles. The van der Waals surface area contributed by atoms with E-state index < -0.39 is 12.1 Å². The molecule has 0 fully saturated rings. The zero-order valence-corrected chi connectivity index (χ0v) is 11.0. The Labute approximate surface area is 115 Å². The summed E-state index contributed by atoms with van der Waals surface area (Å²) in [6.07, 6.45) is -1.58. The van der Waals surface area contributed by atoms with Gasteiger partial charge in [-0.1, -0.05) is 18.2 Å². The molecule has 1 atom stereocenters. The van der Waals surface area contributed by atoms with Crippen LogP contribution in [0.1, 0.15) is 5.69 Å². The van der Waals surface area contributed by atoms with Crippen LogP contribution in [0.25, 0.3) is 10.9 Å². The van der Waals surface area contributed by atoms with Crippen molar-refractivity contribution in [2.75, 3.05) is 6.54 Å². The number of fused-ring (bicyclic) bond motifs is 1. The Kier molecular flexibility index (Phi) is 4.05. The van der Waals surface area contributed by atoms with E-state index in [-0.39, 0.29) is 19.0 Å².